The minimum Gasteiger partial charge on any atom is -0.334 e. The second-order valence-electron chi connectivity index (χ2n) is 3.45. The Morgan fingerprint density at radius 2 is 2.35 bits per heavy atom. The zero-order valence-electron chi connectivity index (χ0n) is 9.15. The molecule has 2 aromatic rings. The summed E-state index contributed by atoms with van der Waals surface area (Å²) in [5.74, 6) is 6.42. The Balaban J connectivity index is 2.43. The van der Waals surface area contributed by atoms with Crippen molar-refractivity contribution >= 4 is 34.5 Å². The number of hydrogen-bond acceptors (Lipinski definition) is 4. The van der Waals surface area contributed by atoms with Gasteiger partial charge in [-0.1, -0.05) is 23.2 Å². The van der Waals surface area contributed by atoms with Crippen LogP contribution in [0.25, 0.3) is 0 Å². The van der Waals surface area contributed by atoms with E-state index in [1.54, 1.807) is 6.20 Å². The molecule has 2 aromatic heterocycles. The van der Waals surface area contributed by atoms with Gasteiger partial charge in [-0.2, -0.15) is 0 Å². The van der Waals surface area contributed by atoms with Gasteiger partial charge in [-0.25, -0.2) is 10.4 Å². The van der Waals surface area contributed by atoms with Gasteiger partial charge >= 0.3 is 0 Å². The van der Waals surface area contributed by atoms with Crippen molar-refractivity contribution in [3.63, 3.8) is 0 Å². The van der Waals surface area contributed by atoms with Crippen LogP contribution >= 0.6 is 34.5 Å². The zero-order valence-corrected chi connectivity index (χ0v) is 11.5. The molecule has 2 heterocycles. The lowest BCUT2D eigenvalue weighted by Crippen LogP contribution is -2.31. The largest absolute Gasteiger partial charge is 0.334 e. The fourth-order valence-electron chi connectivity index (χ4n) is 1.70. The van der Waals surface area contributed by atoms with Crippen molar-refractivity contribution in [1.82, 2.24) is 15.0 Å². The molecule has 0 amide bonds. The van der Waals surface area contributed by atoms with Crippen LogP contribution in [-0.2, 0) is 6.54 Å². The van der Waals surface area contributed by atoms with Gasteiger partial charge < -0.3 is 4.57 Å². The summed E-state index contributed by atoms with van der Waals surface area (Å²) in [6.45, 7) is 2.87. The molecule has 0 spiro atoms. The van der Waals surface area contributed by atoms with Crippen LogP contribution in [0.5, 0.6) is 0 Å². The van der Waals surface area contributed by atoms with Crippen LogP contribution < -0.4 is 11.3 Å². The summed E-state index contributed by atoms with van der Waals surface area (Å²) < 4.78 is 3.27. The number of hydrogen-bond donors (Lipinski definition) is 2. The summed E-state index contributed by atoms with van der Waals surface area (Å²) in [5, 5.41) is 0. The van der Waals surface area contributed by atoms with E-state index in [0.29, 0.717) is 8.67 Å². The smallest absolute Gasteiger partial charge is 0.131 e. The summed E-state index contributed by atoms with van der Waals surface area (Å²) >= 11 is 13.4. The number of halogens is 2. The number of aryl methyl sites for hydroxylation is 1. The summed E-state index contributed by atoms with van der Waals surface area (Å²) in [6, 6.07) is 1.56. The van der Waals surface area contributed by atoms with Crippen LogP contribution in [0.2, 0.25) is 8.67 Å². The van der Waals surface area contributed by atoms with Gasteiger partial charge in [-0.05, 0) is 13.0 Å². The SMILES string of the molecule is CCn1ccnc1C(NN)c1cc(Cl)sc1Cl. The first-order valence-electron chi connectivity index (χ1n) is 5.09. The minimum atomic E-state index is -0.249. The predicted octanol–water partition coefficient (Wildman–Crippen LogP) is 2.82. The Bertz CT molecular complexity index is 508. The summed E-state index contributed by atoms with van der Waals surface area (Å²) in [6.07, 6.45) is 3.65. The number of imidazole rings is 1. The lowest BCUT2D eigenvalue weighted by Gasteiger charge is -2.16. The highest BCUT2D eigenvalue weighted by Crippen LogP contribution is 2.36. The molecule has 92 valence electrons. The number of nitrogens with zero attached hydrogens (tertiary/aromatic N) is 2. The van der Waals surface area contributed by atoms with E-state index in [-0.39, 0.29) is 6.04 Å². The minimum absolute atomic E-state index is 0.249. The van der Waals surface area contributed by atoms with Gasteiger partial charge in [0.2, 0.25) is 0 Å². The monoisotopic (exact) mass is 290 g/mol. The third-order valence-electron chi connectivity index (χ3n) is 2.51. The quantitative estimate of drug-likeness (QED) is 0.672. The van der Waals surface area contributed by atoms with Gasteiger partial charge in [-0.15, -0.1) is 11.3 Å². The molecule has 0 bridgehead atoms. The standard InChI is InChI=1S/C10H12Cl2N4S/c1-2-16-4-3-14-10(16)8(15-13)6-5-7(11)17-9(6)12/h3-5,8,15H,2,13H2,1H3. The molecule has 7 heteroatoms. The van der Waals surface area contributed by atoms with Crippen molar-refractivity contribution in [2.24, 2.45) is 5.84 Å². The Morgan fingerprint density at radius 3 is 2.88 bits per heavy atom. The molecule has 17 heavy (non-hydrogen) atoms. The molecule has 0 aliphatic rings. The number of rotatable bonds is 4. The fraction of sp³-hybridized carbons (Fsp3) is 0.300. The molecular formula is C10H12Cl2N4S. The molecular weight excluding hydrogens is 279 g/mol. The lowest BCUT2D eigenvalue weighted by atomic mass is 10.1. The molecule has 0 fully saturated rings. The van der Waals surface area contributed by atoms with E-state index in [9.17, 15) is 0 Å². The molecule has 1 atom stereocenters. The number of hydrazine groups is 1. The van der Waals surface area contributed by atoms with Gasteiger partial charge in [0.05, 0.1) is 8.67 Å². The van der Waals surface area contributed by atoms with Crippen LogP contribution in [0.4, 0.5) is 0 Å². The highest BCUT2D eigenvalue weighted by molar-refractivity contribution is 7.20. The average Bonchev–Trinajstić information content (AvgIpc) is 2.88. The van der Waals surface area contributed by atoms with Crippen molar-refractivity contribution in [2.75, 3.05) is 0 Å². The van der Waals surface area contributed by atoms with Gasteiger partial charge in [-0.3, -0.25) is 5.84 Å². The number of aromatic nitrogens is 2. The second kappa shape index (κ2) is 5.37. The third kappa shape index (κ3) is 2.48. The van der Waals surface area contributed by atoms with Crippen molar-refractivity contribution in [2.45, 2.75) is 19.5 Å². The maximum absolute atomic E-state index is 6.13. The molecule has 4 nitrogen and oxygen atoms in total. The Hall–Kier alpha value is -0.590. The van der Waals surface area contributed by atoms with Crippen molar-refractivity contribution < 1.29 is 0 Å². The van der Waals surface area contributed by atoms with Gasteiger partial charge in [0.1, 0.15) is 11.9 Å². The van der Waals surface area contributed by atoms with Crippen LogP contribution in [0.15, 0.2) is 18.5 Å². The predicted molar refractivity (Wildman–Crippen MR) is 71.4 cm³/mol. The Morgan fingerprint density at radius 1 is 1.59 bits per heavy atom. The maximum Gasteiger partial charge on any atom is 0.131 e. The molecule has 0 radical (unpaired) electrons. The van der Waals surface area contributed by atoms with Gasteiger partial charge in [0, 0.05) is 24.5 Å². The number of nitrogens with two attached hydrogens (primary N) is 1. The summed E-state index contributed by atoms with van der Waals surface area (Å²) in [5.41, 5.74) is 3.58. The highest BCUT2D eigenvalue weighted by atomic mass is 35.5. The topological polar surface area (TPSA) is 55.9 Å². The summed E-state index contributed by atoms with van der Waals surface area (Å²) in [4.78, 5) is 4.31. The number of thiophene rings is 1. The van der Waals surface area contributed by atoms with E-state index in [4.69, 9.17) is 29.0 Å². The molecule has 0 saturated carbocycles. The van der Waals surface area contributed by atoms with Crippen LogP contribution in [0.3, 0.4) is 0 Å². The van der Waals surface area contributed by atoms with Crippen molar-refractivity contribution in [3.8, 4) is 0 Å². The molecule has 0 aromatic carbocycles. The van der Waals surface area contributed by atoms with Crippen LogP contribution in [0.1, 0.15) is 24.4 Å². The van der Waals surface area contributed by atoms with Crippen LogP contribution in [0, 0.1) is 0 Å². The molecule has 2 rings (SSSR count). The van der Waals surface area contributed by atoms with E-state index >= 15 is 0 Å². The maximum atomic E-state index is 6.13. The second-order valence-corrected chi connectivity index (χ2v) is 5.74. The van der Waals surface area contributed by atoms with E-state index in [2.05, 4.69) is 10.4 Å². The number of nitrogens with one attached hydrogen (secondary N) is 1. The Kier molecular flexibility index (Phi) is 4.06. The van der Waals surface area contributed by atoms with E-state index in [1.165, 1.54) is 11.3 Å². The lowest BCUT2D eigenvalue weighted by molar-refractivity contribution is 0.562. The fourth-order valence-corrected chi connectivity index (χ4v) is 3.23. The van der Waals surface area contributed by atoms with E-state index < -0.39 is 0 Å². The van der Waals surface area contributed by atoms with Crippen molar-refractivity contribution in [3.05, 3.63) is 38.5 Å². The average molecular weight is 291 g/mol. The third-order valence-corrected chi connectivity index (χ3v) is 4.03. The molecule has 1 unspecified atom stereocenters. The highest BCUT2D eigenvalue weighted by Gasteiger charge is 2.22. The Labute approximate surface area is 113 Å². The van der Waals surface area contributed by atoms with E-state index in [1.807, 2.05) is 23.8 Å². The van der Waals surface area contributed by atoms with Crippen molar-refractivity contribution in [1.29, 1.82) is 0 Å². The first kappa shape index (κ1) is 12.9. The van der Waals surface area contributed by atoms with Gasteiger partial charge in [0.25, 0.3) is 0 Å². The first-order chi connectivity index (χ1) is 8.17. The van der Waals surface area contributed by atoms with Crippen LogP contribution in [-0.4, -0.2) is 9.55 Å². The zero-order chi connectivity index (χ0) is 12.4. The van der Waals surface area contributed by atoms with E-state index in [0.717, 1.165) is 17.9 Å². The van der Waals surface area contributed by atoms with Gasteiger partial charge in [0.15, 0.2) is 0 Å². The first-order valence-corrected chi connectivity index (χ1v) is 6.66. The normalized spacial score (nSPS) is 12.9. The molecule has 0 aliphatic carbocycles. The molecule has 0 aliphatic heterocycles. The summed E-state index contributed by atoms with van der Waals surface area (Å²) in [7, 11) is 0. The molecule has 0 saturated heterocycles. The molecule has 3 N–H and O–H groups in total.